The third-order valence-corrected chi connectivity index (χ3v) is 5.28. The number of nitrogens with zero attached hydrogens (tertiary/aromatic N) is 1. The maximum atomic E-state index is 14.0. The topological polar surface area (TPSA) is 93.7 Å². The van der Waals surface area contributed by atoms with Crippen molar-refractivity contribution in [1.29, 1.82) is 0 Å². The number of hydrogen-bond donors (Lipinski definition) is 4. The van der Waals surface area contributed by atoms with Crippen LogP contribution in [0.2, 0.25) is 0 Å². The summed E-state index contributed by atoms with van der Waals surface area (Å²) in [5.74, 6) is -1.68. The highest BCUT2D eigenvalue weighted by Crippen LogP contribution is 2.29. The summed E-state index contributed by atoms with van der Waals surface area (Å²) in [4.78, 5) is 25.4. The number of carboxylic acid groups (broad SMARTS) is 1. The molecule has 1 saturated heterocycles. The molecule has 2 fully saturated rings. The van der Waals surface area contributed by atoms with Gasteiger partial charge >= 0.3 is 5.97 Å². The number of hydrogen-bond acceptors (Lipinski definition) is 5. The van der Waals surface area contributed by atoms with Crippen LogP contribution in [0.3, 0.4) is 0 Å². The molecule has 2 atom stereocenters. The molecule has 8 heteroatoms. The van der Waals surface area contributed by atoms with Gasteiger partial charge in [-0.05, 0) is 25.5 Å². The van der Waals surface area contributed by atoms with Crippen LogP contribution in [0.4, 0.5) is 4.39 Å². The number of carbonyl (C=O) groups is 2. The van der Waals surface area contributed by atoms with Gasteiger partial charge in [0.1, 0.15) is 5.82 Å². The van der Waals surface area contributed by atoms with E-state index in [1.165, 1.54) is 6.07 Å². The maximum absolute atomic E-state index is 14.0. The fourth-order valence-corrected chi connectivity index (χ4v) is 3.75. The number of likely N-dealkylation sites (N-methyl/N-ethyl adjacent to an activating group) is 1. The van der Waals surface area contributed by atoms with E-state index in [0.29, 0.717) is 18.7 Å². The fraction of sp³-hybridized carbons (Fsp3) is 0.556. The van der Waals surface area contributed by atoms with Crippen molar-refractivity contribution < 1.29 is 19.1 Å². The Balaban J connectivity index is 1.54. The number of carboxylic acids is 1. The molecule has 1 aromatic carbocycles. The average Bonchev–Trinajstić information content (AvgIpc) is 3.05. The van der Waals surface area contributed by atoms with Crippen molar-refractivity contribution in [3.05, 3.63) is 35.6 Å². The van der Waals surface area contributed by atoms with Crippen LogP contribution in [-0.4, -0.2) is 53.6 Å². The third-order valence-electron chi connectivity index (χ3n) is 5.28. The van der Waals surface area contributed by atoms with Gasteiger partial charge < -0.3 is 10.4 Å². The number of carbonyl (C=O) groups excluding carboxylic acids is 1. The van der Waals surface area contributed by atoms with Crippen LogP contribution >= 0.6 is 0 Å². The van der Waals surface area contributed by atoms with Gasteiger partial charge in [0, 0.05) is 24.2 Å². The van der Waals surface area contributed by atoms with E-state index in [2.05, 4.69) is 16.2 Å². The number of hydrazine groups is 1. The summed E-state index contributed by atoms with van der Waals surface area (Å²) in [6, 6.07) is 6.27. The minimum Gasteiger partial charge on any atom is -0.480 e. The normalized spacial score (nSPS) is 28.0. The summed E-state index contributed by atoms with van der Waals surface area (Å²) < 4.78 is 14.0. The van der Waals surface area contributed by atoms with E-state index >= 15 is 0 Å². The highest BCUT2D eigenvalue weighted by atomic mass is 19.1. The SMILES string of the molecule is CCN(CC(=O)O)C1CC(NC(=O)C2CNNC2c2ccccc2F)C1. The van der Waals surface area contributed by atoms with Crippen LogP contribution in [0.5, 0.6) is 0 Å². The van der Waals surface area contributed by atoms with Crippen molar-refractivity contribution in [2.45, 2.75) is 37.9 Å². The van der Waals surface area contributed by atoms with Crippen LogP contribution < -0.4 is 16.2 Å². The van der Waals surface area contributed by atoms with Crippen molar-refractivity contribution >= 4 is 11.9 Å². The maximum Gasteiger partial charge on any atom is 0.317 e. The molecular weight excluding hydrogens is 339 g/mol. The minimum atomic E-state index is -0.838. The zero-order valence-corrected chi connectivity index (χ0v) is 14.7. The highest BCUT2D eigenvalue weighted by Gasteiger charge is 2.39. The Morgan fingerprint density at radius 3 is 2.73 bits per heavy atom. The Morgan fingerprint density at radius 2 is 2.08 bits per heavy atom. The Morgan fingerprint density at radius 1 is 1.35 bits per heavy atom. The number of nitrogens with one attached hydrogen (secondary N) is 3. The fourth-order valence-electron chi connectivity index (χ4n) is 3.75. The molecule has 1 aliphatic carbocycles. The summed E-state index contributed by atoms with van der Waals surface area (Å²) in [5, 5.41) is 12.0. The summed E-state index contributed by atoms with van der Waals surface area (Å²) in [6.07, 6.45) is 1.48. The number of amides is 1. The zero-order chi connectivity index (χ0) is 18.7. The van der Waals surface area contributed by atoms with E-state index in [9.17, 15) is 14.0 Å². The number of rotatable bonds is 7. The first-order chi connectivity index (χ1) is 12.5. The average molecular weight is 364 g/mol. The van der Waals surface area contributed by atoms with Crippen molar-refractivity contribution in [2.75, 3.05) is 19.6 Å². The standard InChI is InChI=1S/C18H25FN4O3/c1-2-23(10-16(24)25)12-7-11(8-12)21-18(26)14-9-20-22-17(14)13-5-3-4-6-15(13)19/h3-6,11-12,14,17,20,22H,2,7-10H2,1H3,(H,21,26)(H,24,25). The molecule has 1 aliphatic heterocycles. The van der Waals surface area contributed by atoms with Crippen molar-refractivity contribution in [2.24, 2.45) is 5.92 Å². The van der Waals surface area contributed by atoms with Gasteiger partial charge in [0.25, 0.3) is 0 Å². The summed E-state index contributed by atoms with van der Waals surface area (Å²) in [5.41, 5.74) is 6.41. The van der Waals surface area contributed by atoms with Gasteiger partial charge in [0.2, 0.25) is 5.91 Å². The number of aliphatic carboxylic acids is 1. The van der Waals surface area contributed by atoms with Gasteiger partial charge in [-0.2, -0.15) is 0 Å². The second-order valence-electron chi connectivity index (χ2n) is 6.92. The molecule has 0 radical (unpaired) electrons. The molecule has 7 nitrogen and oxygen atoms in total. The molecule has 1 amide bonds. The molecule has 0 aromatic heterocycles. The molecule has 2 unspecified atom stereocenters. The highest BCUT2D eigenvalue weighted by molar-refractivity contribution is 5.80. The molecule has 1 saturated carbocycles. The van der Waals surface area contributed by atoms with E-state index in [0.717, 1.165) is 12.8 Å². The molecule has 1 heterocycles. The monoisotopic (exact) mass is 364 g/mol. The van der Waals surface area contributed by atoms with Gasteiger partial charge in [-0.1, -0.05) is 25.1 Å². The number of halogens is 1. The van der Waals surface area contributed by atoms with Crippen LogP contribution in [0.1, 0.15) is 31.4 Å². The van der Waals surface area contributed by atoms with Crippen molar-refractivity contribution in [3.8, 4) is 0 Å². The Labute approximate surface area is 151 Å². The van der Waals surface area contributed by atoms with Gasteiger partial charge in [0.05, 0.1) is 18.5 Å². The minimum absolute atomic E-state index is 0.0215. The molecule has 1 aromatic rings. The second-order valence-corrected chi connectivity index (χ2v) is 6.92. The van der Waals surface area contributed by atoms with Gasteiger partial charge in [-0.25, -0.2) is 9.82 Å². The smallest absolute Gasteiger partial charge is 0.317 e. The van der Waals surface area contributed by atoms with E-state index in [-0.39, 0.29) is 30.4 Å². The van der Waals surface area contributed by atoms with Crippen LogP contribution in [0.25, 0.3) is 0 Å². The van der Waals surface area contributed by atoms with E-state index < -0.39 is 17.9 Å². The summed E-state index contributed by atoms with van der Waals surface area (Å²) >= 11 is 0. The van der Waals surface area contributed by atoms with Crippen molar-refractivity contribution in [3.63, 3.8) is 0 Å². The first-order valence-electron chi connectivity index (χ1n) is 8.98. The van der Waals surface area contributed by atoms with E-state index in [1.807, 2.05) is 11.8 Å². The van der Waals surface area contributed by atoms with E-state index in [1.54, 1.807) is 18.2 Å². The quantitative estimate of drug-likeness (QED) is 0.568. The lowest BCUT2D eigenvalue weighted by Crippen LogP contribution is -2.56. The predicted molar refractivity (Wildman–Crippen MR) is 93.6 cm³/mol. The molecule has 0 spiro atoms. The summed E-state index contributed by atoms with van der Waals surface area (Å²) in [6.45, 7) is 3.06. The molecule has 142 valence electrons. The first kappa shape index (κ1) is 18.8. The third kappa shape index (κ3) is 4.03. The molecular formula is C18H25FN4O3. The molecule has 3 rings (SSSR count). The van der Waals surface area contributed by atoms with Gasteiger partial charge in [0.15, 0.2) is 0 Å². The molecule has 26 heavy (non-hydrogen) atoms. The Bertz CT molecular complexity index is 666. The van der Waals surface area contributed by atoms with Crippen LogP contribution in [0.15, 0.2) is 24.3 Å². The van der Waals surface area contributed by atoms with Crippen molar-refractivity contribution in [1.82, 2.24) is 21.1 Å². The summed E-state index contributed by atoms with van der Waals surface area (Å²) in [7, 11) is 0. The second kappa shape index (κ2) is 8.11. The van der Waals surface area contributed by atoms with E-state index in [4.69, 9.17) is 5.11 Å². The zero-order valence-electron chi connectivity index (χ0n) is 14.7. The predicted octanol–water partition coefficient (Wildman–Crippen LogP) is 0.645. The van der Waals surface area contributed by atoms with Crippen LogP contribution in [-0.2, 0) is 9.59 Å². The Hall–Kier alpha value is -2.03. The Kier molecular flexibility index (Phi) is 5.85. The number of benzene rings is 1. The molecule has 4 N–H and O–H groups in total. The van der Waals surface area contributed by atoms with Gasteiger partial charge in [-0.3, -0.25) is 19.9 Å². The lowest BCUT2D eigenvalue weighted by molar-refractivity contribution is -0.140. The lowest BCUT2D eigenvalue weighted by Gasteiger charge is -2.42. The van der Waals surface area contributed by atoms with Crippen LogP contribution in [0, 0.1) is 11.7 Å². The largest absolute Gasteiger partial charge is 0.480 e. The molecule has 2 aliphatic rings. The lowest BCUT2D eigenvalue weighted by atomic mass is 9.84. The van der Waals surface area contributed by atoms with Gasteiger partial charge in [-0.15, -0.1) is 0 Å². The molecule has 0 bridgehead atoms. The first-order valence-corrected chi connectivity index (χ1v) is 8.98.